The number of hydrogen-bond donors (Lipinski definition) is 1. The van der Waals surface area contributed by atoms with Crippen molar-refractivity contribution in [1.82, 2.24) is 0 Å². The summed E-state index contributed by atoms with van der Waals surface area (Å²) in [6.07, 6.45) is 1.04. The average Bonchev–Trinajstić information content (AvgIpc) is 2.79. The number of nitrogens with zero attached hydrogens (tertiary/aromatic N) is 1. The van der Waals surface area contributed by atoms with E-state index in [-0.39, 0.29) is 26.1 Å². The van der Waals surface area contributed by atoms with Gasteiger partial charge in [-0.2, -0.15) is 0 Å². The molecular formula is C22H21ClN2O6S2. The first-order valence-electron chi connectivity index (χ1n) is 9.47. The number of carbonyl (C=O) groups is 1. The number of halogens is 1. The number of anilines is 2. The molecule has 0 aliphatic carbocycles. The standard InChI is InChI=1S/C22H21ClN2O6S2/c1-25(16-7-9-17(31-2)10-8-16)33(29,30)19-6-4-5-15(13-19)22(26)24-21-14-18(32(3,27)28)11-12-20(21)23/h4-14H,1-3H3,(H,24,26). The highest BCUT2D eigenvalue weighted by Gasteiger charge is 2.23. The lowest BCUT2D eigenvalue weighted by atomic mass is 10.2. The van der Waals surface area contributed by atoms with E-state index in [1.807, 2.05) is 0 Å². The van der Waals surface area contributed by atoms with Crippen LogP contribution in [-0.4, -0.2) is 43.2 Å². The van der Waals surface area contributed by atoms with E-state index in [0.29, 0.717) is 11.4 Å². The fraction of sp³-hybridized carbons (Fsp3) is 0.136. The number of carbonyl (C=O) groups excluding carboxylic acids is 1. The second-order valence-electron chi connectivity index (χ2n) is 7.07. The van der Waals surface area contributed by atoms with E-state index in [4.69, 9.17) is 16.3 Å². The predicted molar refractivity (Wildman–Crippen MR) is 128 cm³/mol. The maximum atomic E-state index is 13.1. The van der Waals surface area contributed by atoms with Gasteiger partial charge in [-0.05, 0) is 60.7 Å². The molecule has 0 spiro atoms. The van der Waals surface area contributed by atoms with Crippen LogP contribution in [0.15, 0.2) is 76.5 Å². The summed E-state index contributed by atoms with van der Waals surface area (Å²) < 4.78 is 56.0. The van der Waals surface area contributed by atoms with Crippen molar-refractivity contribution in [3.8, 4) is 5.75 Å². The van der Waals surface area contributed by atoms with Crippen LogP contribution >= 0.6 is 11.6 Å². The lowest BCUT2D eigenvalue weighted by Crippen LogP contribution is -2.26. The van der Waals surface area contributed by atoms with Crippen LogP contribution in [0.3, 0.4) is 0 Å². The molecule has 0 heterocycles. The highest BCUT2D eigenvalue weighted by molar-refractivity contribution is 7.92. The van der Waals surface area contributed by atoms with Crippen molar-refractivity contribution < 1.29 is 26.4 Å². The summed E-state index contributed by atoms with van der Waals surface area (Å²) in [5, 5.41) is 2.67. The first kappa shape index (κ1) is 24.6. The van der Waals surface area contributed by atoms with Crippen LogP contribution in [0.5, 0.6) is 5.75 Å². The minimum absolute atomic E-state index is 0.0142. The Morgan fingerprint density at radius 3 is 2.21 bits per heavy atom. The summed E-state index contributed by atoms with van der Waals surface area (Å²) in [6, 6.07) is 15.9. The van der Waals surface area contributed by atoms with Crippen molar-refractivity contribution >= 4 is 48.7 Å². The molecule has 0 fully saturated rings. The molecule has 0 saturated carbocycles. The summed E-state index contributed by atoms with van der Waals surface area (Å²) in [5.74, 6) is -0.0616. The van der Waals surface area contributed by atoms with Crippen LogP contribution in [0.2, 0.25) is 5.02 Å². The Bertz CT molecular complexity index is 1410. The summed E-state index contributed by atoms with van der Waals surface area (Å²) >= 11 is 6.09. The van der Waals surface area contributed by atoms with E-state index in [0.717, 1.165) is 10.6 Å². The third kappa shape index (κ3) is 5.47. The van der Waals surface area contributed by atoms with Gasteiger partial charge in [0.2, 0.25) is 0 Å². The van der Waals surface area contributed by atoms with Gasteiger partial charge in [-0.15, -0.1) is 0 Å². The highest BCUT2D eigenvalue weighted by Crippen LogP contribution is 2.27. The maximum Gasteiger partial charge on any atom is 0.264 e. The van der Waals surface area contributed by atoms with E-state index < -0.39 is 25.8 Å². The fourth-order valence-corrected chi connectivity index (χ4v) is 4.97. The van der Waals surface area contributed by atoms with Gasteiger partial charge >= 0.3 is 0 Å². The fourth-order valence-electron chi connectivity index (χ4n) is 2.91. The van der Waals surface area contributed by atoms with E-state index in [2.05, 4.69) is 5.32 Å². The summed E-state index contributed by atoms with van der Waals surface area (Å²) in [4.78, 5) is 12.7. The molecule has 0 radical (unpaired) electrons. The number of rotatable bonds is 7. The van der Waals surface area contributed by atoms with Gasteiger partial charge in [0, 0.05) is 18.9 Å². The lowest BCUT2D eigenvalue weighted by Gasteiger charge is -2.20. The molecule has 11 heteroatoms. The number of ether oxygens (including phenoxy) is 1. The molecule has 3 aromatic rings. The molecule has 0 aromatic heterocycles. The average molecular weight is 509 g/mol. The van der Waals surface area contributed by atoms with Crippen molar-refractivity contribution in [1.29, 1.82) is 0 Å². The molecule has 0 aliphatic rings. The zero-order valence-corrected chi connectivity index (χ0v) is 20.3. The molecule has 0 bridgehead atoms. The Balaban J connectivity index is 1.89. The monoisotopic (exact) mass is 508 g/mol. The zero-order valence-electron chi connectivity index (χ0n) is 17.9. The molecule has 1 N–H and O–H groups in total. The van der Waals surface area contributed by atoms with Crippen molar-refractivity contribution in [2.75, 3.05) is 30.0 Å². The Labute approximate surface area is 197 Å². The van der Waals surface area contributed by atoms with Gasteiger partial charge in [-0.3, -0.25) is 9.10 Å². The summed E-state index contributed by atoms with van der Waals surface area (Å²) in [6.45, 7) is 0. The van der Waals surface area contributed by atoms with Gasteiger partial charge in [0.15, 0.2) is 9.84 Å². The quantitative estimate of drug-likeness (QED) is 0.519. The van der Waals surface area contributed by atoms with E-state index in [9.17, 15) is 21.6 Å². The third-order valence-corrected chi connectivity index (χ3v) is 8.03. The minimum Gasteiger partial charge on any atom is -0.497 e. The van der Waals surface area contributed by atoms with E-state index >= 15 is 0 Å². The minimum atomic E-state index is -3.97. The normalized spacial score (nSPS) is 11.6. The van der Waals surface area contributed by atoms with Crippen molar-refractivity contribution in [2.24, 2.45) is 0 Å². The molecule has 33 heavy (non-hydrogen) atoms. The van der Waals surface area contributed by atoms with Gasteiger partial charge in [0.1, 0.15) is 5.75 Å². The predicted octanol–water partition coefficient (Wildman–Crippen LogP) is 3.83. The largest absolute Gasteiger partial charge is 0.497 e. The van der Waals surface area contributed by atoms with E-state index in [1.54, 1.807) is 24.3 Å². The third-order valence-electron chi connectivity index (χ3n) is 4.80. The van der Waals surface area contributed by atoms with Crippen LogP contribution in [0, 0.1) is 0 Å². The first-order chi connectivity index (χ1) is 15.4. The second-order valence-corrected chi connectivity index (χ2v) is 11.5. The van der Waals surface area contributed by atoms with Crippen LogP contribution < -0.4 is 14.4 Å². The molecule has 174 valence electrons. The van der Waals surface area contributed by atoms with Gasteiger partial charge in [0.05, 0.1) is 33.3 Å². The number of methoxy groups -OCH3 is 1. The topological polar surface area (TPSA) is 110 Å². The van der Waals surface area contributed by atoms with Crippen LogP contribution in [-0.2, 0) is 19.9 Å². The van der Waals surface area contributed by atoms with E-state index in [1.165, 1.54) is 56.6 Å². The molecule has 3 aromatic carbocycles. The number of sulfonamides is 1. The Morgan fingerprint density at radius 1 is 0.939 bits per heavy atom. The molecule has 0 aliphatic heterocycles. The SMILES string of the molecule is COc1ccc(N(C)S(=O)(=O)c2cccc(C(=O)Nc3cc(S(C)(=O)=O)ccc3Cl)c2)cc1. The Kier molecular flexibility index (Phi) is 7.01. The highest BCUT2D eigenvalue weighted by atomic mass is 35.5. The summed E-state index contributed by atoms with van der Waals surface area (Å²) in [5.41, 5.74) is 0.559. The summed E-state index contributed by atoms with van der Waals surface area (Å²) in [7, 11) is -4.57. The van der Waals surface area contributed by atoms with Crippen molar-refractivity contribution in [2.45, 2.75) is 9.79 Å². The van der Waals surface area contributed by atoms with Crippen LogP contribution in [0.1, 0.15) is 10.4 Å². The maximum absolute atomic E-state index is 13.1. The van der Waals surface area contributed by atoms with Crippen molar-refractivity contribution in [3.05, 3.63) is 77.3 Å². The van der Waals surface area contributed by atoms with Gasteiger partial charge in [-0.25, -0.2) is 16.8 Å². The first-order valence-corrected chi connectivity index (χ1v) is 13.2. The molecule has 3 rings (SSSR count). The number of sulfone groups is 1. The number of benzene rings is 3. The Hall–Kier alpha value is -3.08. The lowest BCUT2D eigenvalue weighted by molar-refractivity contribution is 0.102. The van der Waals surface area contributed by atoms with Crippen molar-refractivity contribution in [3.63, 3.8) is 0 Å². The molecule has 0 saturated heterocycles. The van der Waals surface area contributed by atoms with Gasteiger partial charge in [-0.1, -0.05) is 17.7 Å². The molecule has 0 unspecified atom stereocenters. The molecule has 8 nitrogen and oxygen atoms in total. The molecular weight excluding hydrogens is 488 g/mol. The number of nitrogens with one attached hydrogen (secondary N) is 1. The number of hydrogen-bond acceptors (Lipinski definition) is 6. The smallest absolute Gasteiger partial charge is 0.264 e. The second kappa shape index (κ2) is 9.42. The van der Waals surface area contributed by atoms with Gasteiger partial charge in [0.25, 0.3) is 15.9 Å². The number of amides is 1. The zero-order chi connectivity index (χ0) is 24.4. The molecule has 1 amide bonds. The Morgan fingerprint density at radius 2 is 1.61 bits per heavy atom. The van der Waals surface area contributed by atoms with Gasteiger partial charge < -0.3 is 10.1 Å². The van der Waals surface area contributed by atoms with Crippen LogP contribution in [0.4, 0.5) is 11.4 Å². The molecule has 0 atom stereocenters. The van der Waals surface area contributed by atoms with Crippen LogP contribution in [0.25, 0.3) is 0 Å².